The lowest BCUT2D eigenvalue weighted by Gasteiger charge is -2.07. The Bertz CT molecular complexity index is 451. The topological polar surface area (TPSA) is 30.7 Å². The maximum absolute atomic E-state index is 5.99. The Morgan fingerprint density at radius 2 is 2.20 bits per heavy atom. The van der Waals surface area contributed by atoms with E-state index in [0.717, 1.165) is 24.4 Å². The van der Waals surface area contributed by atoms with E-state index in [1.54, 1.807) is 6.20 Å². The summed E-state index contributed by atoms with van der Waals surface area (Å²) in [5.41, 5.74) is 1.02. The molecule has 2 rings (SSSR count). The molecule has 0 bridgehead atoms. The third-order valence-electron chi connectivity index (χ3n) is 2.29. The van der Waals surface area contributed by atoms with Gasteiger partial charge < -0.3 is 4.57 Å². The highest BCUT2D eigenvalue weighted by Crippen LogP contribution is 2.14. The first-order valence-electron chi connectivity index (χ1n) is 4.90. The fraction of sp³-hybridized carbons (Fsp3) is 0.273. The maximum atomic E-state index is 5.99. The molecule has 0 aromatic carbocycles. The molecule has 0 fully saturated rings. The van der Waals surface area contributed by atoms with Gasteiger partial charge in [0.2, 0.25) is 0 Å². The summed E-state index contributed by atoms with van der Waals surface area (Å²) in [5.74, 6) is 1.06. The Labute approximate surface area is 93.7 Å². The van der Waals surface area contributed by atoms with Crippen molar-refractivity contribution in [3.8, 4) is 0 Å². The second kappa shape index (κ2) is 4.45. The molecule has 15 heavy (non-hydrogen) atoms. The second-order valence-corrected chi connectivity index (χ2v) is 3.64. The Morgan fingerprint density at radius 3 is 2.93 bits per heavy atom. The molecule has 0 aliphatic carbocycles. The van der Waals surface area contributed by atoms with Gasteiger partial charge in [0.15, 0.2) is 0 Å². The van der Waals surface area contributed by atoms with Gasteiger partial charge in [-0.15, -0.1) is 0 Å². The highest BCUT2D eigenvalue weighted by atomic mass is 35.5. The Kier molecular flexibility index (Phi) is 3.02. The lowest BCUT2D eigenvalue weighted by atomic mass is 10.3. The fourth-order valence-corrected chi connectivity index (χ4v) is 1.70. The maximum Gasteiger partial charge on any atom is 0.133 e. The Balaban J connectivity index is 2.26. The molecule has 0 aliphatic rings. The molecule has 3 nitrogen and oxygen atoms in total. The SMILES string of the molecule is CCc1nccn1Cc1cccnc1Cl. The molecule has 0 N–H and O–H groups in total. The molecule has 2 aromatic rings. The number of aromatic nitrogens is 3. The van der Waals surface area contributed by atoms with Crippen molar-refractivity contribution >= 4 is 11.6 Å². The molecule has 0 atom stereocenters. The largest absolute Gasteiger partial charge is 0.330 e. The van der Waals surface area contributed by atoms with Crippen molar-refractivity contribution in [3.05, 3.63) is 47.3 Å². The number of aryl methyl sites for hydroxylation is 1. The van der Waals surface area contributed by atoms with Crippen molar-refractivity contribution in [2.75, 3.05) is 0 Å². The molecule has 4 heteroatoms. The zero-order chi connectivity index (χ0) is 10.7. The average Bonchev–Trinajstić information content (AvgIpc) is 2.69. The number of halogens is 1. The predicted octanol–water partition coefficient (Wildman–Crippen LogP) is 2.54. The van der Waals surface area contributed by atoms with Gasteiger partial charge in [-0.25, -0.2) is 9.97 Å². The molecule has 78 valence electrons. The molecule has 2 heterocycles. The van der Waals surface area contributed by atoms with Crippen LogP contribution in [0.25, 0.3) is 0 Å². The van der Waals surface area contributed by atoms with Gasteiger partial charge in [-0.3, -0.25) is 0 Å². The minimum atomic E-state index is 0.563. The van der Waals surface area contributed by atoms with Gasteiger partial charge in [-0.1, -0.05) is 24.6 Å². The van der Waals surface area contributed by atoms with Crippen molar-refractivity contribution in [3.63, 3.8) is 0 Å². The van der Waals surface area contributed by atoms with Gasteiger partial charge in [0.25, 0.3) is 0 Å². The summed E-state index contributed by atoms with van der Waals surface area (Å²) in [6.45, 7) is 2.82. The lowest BCUT2D eigenvalue weighted by molar-refractivity contribution is 0.730. The van der Waals surface area contributed by atoms with E-state index in [-0.39, 0.29) is 0 Å². The van der Waals surface area contributed by atoms with E-state index in [1.165, 1.54) is 0 Å². The van der Waals surface area contributed by atoms with E-state index in [4.69, 9.17) is 11.6 Å². The van der Waals surface area contributed by atoms with E-state index in [9.17, 15) is 0 Å². The van der Waals surface area contributed by atoms with E-state index < -0.39 is 0 Å². The van der Waals surface area contributed by atoms with Gasteiger partial charge in [-0.2, -0.15) is 0 Å². The first kappa shape index (κ1) is 10.2. The summed E-state index contributed by atoms with van der Waals surface area (Å²) in [6.07, 6.45) is 6.39. The molecule has 0 aliphatic heterocycles. The smallest absolute Gasteiger partial charge is 0.133 e. The summed E-state index contributed by atoms with van der Waals surface area (Å²) in [7, 11) is 0. The number of pyridine rings is 1. The van der Waals surface area contributed by atoms with Crippen molar-refractivity contribution in [1.29, 1.82) is 0 Å². The van der Waals surface area contributed by atoms with Crippen molar-refractivity contribution in [2.24, 2.45) is 0 Å². The van der Waals surface area contributed by atoms with Crippen LogP contribution in [-0.2, 0) is 13.0 Å². The highest BCUT2D eigenvalue weighted by molar-refractivity contribution is 6.30. The first-order valence-corrected chi connectivity index (χ1v) is 5.28. The van der Waals surface area contributed by atoms with Crippen LogP contribution in [0.3, 0.4) is 0 Å². The monoisotopic (exact) mass is 221 g/mol. The van der Waals surface area contributed by atoms with Gasteiger partial charge in [0.05, 0.1) is 6.54 Å². The van der Waals surface area contributed by atoms with Crippen LogP contribution in [-0.4, -0.2) is 14.5 Å². The fourth-order valence-electron chi connectivity index (χ4n) is 1.52. The third-order valence-corrected chi connectivity index (χ3v) is 2.64. The number of nitrogens with zero attached hydrogens (tertiary/aromatic N) is 3. The molecular formula is C11H12ClN3. The number of rotatable bonds is 3. The van der Waals surface area contributed by atoms with E-state index >= 15 is 0 Å². The van der Waals surface area contributed by atoms with Gasteiger partial charge in [0, 0.05) is 30.6 Å². The predicted molar refractivity (Wildman–Crippen MR) is 60.0 cm³/mol. The molecule has 0 spiro atoms. The van der Waals surface area contributed by atoms with E-state index in [1.807, 2.05) is 24.5 Å². The minimum Gasteiger partial charge on any atom is -0.330 e. The van der Waals surface area contributed by atoms with Crippen molar-refractivity contribution in [1.82, 2.24) is 14.5 Å². The molecule has 0 unspecified atom stereocenters. The van der Waals surface area contributed by atoms with Gasteiger partial charge in [0.1, 0.15) is 11.0 Å². The van der Waals surface area contributed by atoms with Crippen LogP contribution in [0, 0.1) is 0 Å². The second-order valence-electron chi connectivity index (χ2n) is 3.28. The standard InChI is InChI=1S/C11H12ClN3/c1-2-10-13-6-7-15(10)8-9-4-3-5-14-11(9)12/h3-7H,2,8H2,1H3. The van der Waals surface area contributed by atoms with E-state index in [2.05, 4.69) is 21.5 Å². The zero-order valence-electron chi connectivity index (χ0n) is 8.52. The van der Waals surface area contributed by atoms with Gasteiger partial charge >= 0.3 is 0 Å². The van der Waals surface area contributed by atoms with Crippen molar-refractivity contribution in [2.45, 2.75) is 19.9 Å². The summed E-state index contributed by atoms with van der Waals surface area (Å²) >= 11 is 5.99. The summed E-state index contributed by atoms with van der Waals surface area (Å²) in [4.78, 5) is 8.31. The van der Waals surface area contributed by atoms with Gasteiger partial charge in [-0.05, 0) is 6.07 Å². The van der Waals surface area contributed by atoms with Crippen LogP contribution < -0.4 is 0 Å². The van der Waals surface area contributed by atoms with E-state index in [0.29, 0.717) is 5.15 Å². The van der Waals surface area contributed by atoms with Crippen LogP contribution >= 0.6 is 11.6 Å². The molecule has 0 radical (unpaired) electrons. The Hall–Kier alpha value is -1.35. The highest BCUT2D eigenvalue weighted by Gasteiger charge is 2.04. The Morgan fingerprint density at radius 1 is 1.33 bits per heavy atom. The average molecular weight is 222 g/mol. The molecule has 0 amide bonds. The number of imidazole rings is 1. The quantitative estimate of drug-likeness (QED) is 0.746. The first-order chi connectivity index (χ1) is 7.31. The number of hydrogen-bond donors (Lipinski definition) is 0. The summed E-state index contributed by atoms with van der Waals surface area (Å²) in [5, 5.41) is 0.563. The molecule has 2 aromatic heterocycles. The third kappa shape index (κ3) is 2.18. The van der Waals surface area contributed by atoms with Crippen LogP contribution in [0.2, 0.25) is 5.15 Å². The summed E-state index contributed by atoms with van der Waals surface area (Å²) < 4.78 is 2.09. The van der Waals surface area contributed by atoms with Crippen LogP contribution in [0.15, 0.2) is 30.7 Å². The lowest BCUT2D eigenvalue weighted by Crippen LogP contribution is -2.04. The normalized spacial score (nSPS) is 10.5. The molecule has 0 saturated carbocycles. The van der Waals surface area contributed by atoms with Crippen LogP contribution in [0.4, 0.5) is 0 Å². The minimum absolute atomic E-state index is 0.563. The molecule has 0 saturated heterocycles. The zero-order valence-corrected chi connectivity index (χ0v) is 9.28. The molecular weight excluding hydrogens is 210 g/mol. The van der Waals surface area contributed by atoms with Crippen LogP contribution in [0.5, 0.6) is 0 Å². The van der Waals surface area contributed by atoms with Crippen molar-refractivity contribution < 1.29 is 0 Å². The number of hydrogen-bond acceptors (Lipinski definition) is 2. The summed E-state index contributed by atoms with van der Waals surface area (Å²) in [6, 6.07) is 3.87. The van der Waals surface area contributed by atoms with Crippen LogP contribution in [0.1, 0.15) is 18.3 Å².